The van der Waals surface area contributed by atoms with Gasteiger partial charge in [0, 0.05) is 23.7 Å². The van der Waals surface area contributed by atoms with E-state index in [4.69, 9.17) is 20.8 Å². The molecule has 0 saturated carbocycles. The van der Waals surface area contributed by atoms with E-state index in [1.807, 2.05) is 0 Å². The van der Waals surface area contributed by atoms with E-state index in [2.05, 4.69) is 10.3 Å². The first-order valence-corrected chi connectivity index (χ1v) is 10.9. The predicted molar refractivity (Wildman–Crippen MR) is 106 cm³/mol. The van der Waals surface area contributed by atoms with Crippen LogP contribution in [0.25, 0.3) is 11.5 Å². The lowest BCUT2D eigenvalue weighted by molar-refractivity contribution is 0.120. The number of hydrogen-bond donors (Lipinski definition) is 1. The number of nitrogens with zero attached hydrogens (tertiary/aromatic N) is 1. The van der Waals surface area contributed by atoms with Gasteiger partial charge in [0.15, 0.2) is 0 Å². The number of sulfone groups is 1. The van der Waals surface area contributed by atoms with E-state index in [0.29, 0.717) is 23.7 Å². The Morgan fingerprint density at radius 1 is 1.14 bits per heavy atom. The predicted octanol–water partition coefficient (Wildman–Crippen LogP) is 4.56. The molecule has 0 amide bonds. The molecule has 0 bridgehead atoms. The Bertz CT molecular complexity index is 1090. The third-order valence-electron chi connectivity index (χ3n) is 4.58. The van der Waals surface area contributed by atoms with Gasteiger partial charge in [-0.15, -0.1) is 0 Å². The summed E-state index contributed by atoms with van der Waals surface area (Å²) in [6.07, 6.45) is 1.81. The molecule has 1 aliphatic heterocycles. The van der Waals surface area contributed by atoms with Crippen molar-refractivity contribution in [3.05, 3.63) is 59.4 Å². The fraction of sp³-hybridized carbons (Fsp3) is 0.250. The maximum absolute atomic E-state index is 13.2. The largest absolute Gasteiger partial charge is 0.419 e. The zero-order valence-corrected chi connectivity index (χ0v) is 16.8. The van der Waals surface area contributed by atoms with Crippen LogP contribution < -0.4 is 5.32 Å². The molecule has 4 rings (SSSR count). The smallest absolute Gasteiger partial charge is 0.233 e. The number of halogens is 2. The third kappa shape index (κ3) is 4.29. The average molecular weight is 437 g/mol. The van der Waals surface area contributed by atoms with Crippen LogP contribution in [0, 0.1) is 5.82 Å². The maximum atomic E-state index is 13.2. The number of rotatable bonds is 6. The highest BCUT2D eigenvalue weighted by Crippen LogP contribution is 2.33. The first kappa shape index (κ1) is 19.9. The highest BCUT2D eigenvalue weighted by molar-refractivity contribution is 7.91. The van der Waals surface area contributed by atoms with Crippen molar-refractivity contribution >= 4 is 27.3 Å². The number of oxazole rings is 1. The van der Waals surface area contributed by atoms with Gasteiger partial charge in [-0.25, -0.2) is 12.8 Å². The molecule has 0 unspecified atom stereocenters. The van der Waals surface area contributed by atoms with E-state index in [1.54, 1.807) is 24.3 Å². The minimum absolute atomic E-state index is 0.0229. The number of hydrogen-bond acceptors (Lipinski definition) is 6. The number of ether oxygens (including phenoxy) is 1. The molecule has 1 atom stereocenters. The van der Waals surface area contributed by atoms with Gasteiger partial charge in [0.2, 0.25) is 26.6 Å². The van der Waals surface area contributed by atoms with Crippen molar-refractivity contribution in [3.63, 3.8) is 0 Å². The molecule has 0 radical (unpaired) electrons. The van der Waals surface area contributed by atoms with Crippen molar-refractivity contribution < 1.29 is 22.0 Å². The molecule has 1 fully saturated rings. The van der Waals surface area contributed by atoms with Crippen molar-refractivity contribution in [3.8, 4) is 11.5 Å². The van der Waals surface area contributed by atoms with Crippen molar-refractivity contribution in [1.82, 2.24) is 4.98 Å². The van der Waals surface area contributed by atoms with E-state index >= 15 is 0 Å². The van der Waals surface area contributed by atoms with Crippen molar-refractivity contribution in [2.45, 2.75) is 28.9 Å². The summed E-state index contributed by atoms with van der Waals surface area (Å²) in [7, 11) is -4.03. The summed E-state index contributed by atoms with van der Waals surface area (Å²) in [5.74, 6) is -0.366. The van der Waals surface area contributed by atoms with E-state index < -0.39 is 15.7 Å². The number of nitrogens with one attached hydrogen (secondary N) is 1. The van der Waals surface area contributed by atoms with Gasteiger partial charge in [-0.05, 0) is 61.4 Å². The van der Waals surface area contributed by atoms with Crippen LogP contribution in [0.3, 0.4) is 0 Å². The minimum atomic E-state index is -4.03. The molecule has 29 heavy (non-hydrogen) atoms. The highest BCUT2D eigenvalue weighted by atomic mass is 35.5. The first-order chi connectivity index (χ1) is 13.9. The van der Waals surface area contributed by atoms with Gasteiger partial charge in [-0.1, -0.05) is 11.6 Å². The third-order valence-corrected chi connectivity index (χ3v) is 6.51. The number of anilines is 1. The molecule has 1 saturated heterocycles. The lowest BCUT2D eigenvalue weighted by Crippen LogP contribution is -2.19. The van der Waals surface area contributed by atoms with Gasteiger partial charge < -0.3 is 14.5 Å². The van der Waals surface area contributed by atoms with Crippen molar-refractivity contribution in [1.29, 1.82) is 0 Å². The van der Waals surface area contributed by atoms with Gasteiger partial charge >= 0.3 is 0 Å². The van der Waals surface area contributed by atoms with E-state index in [9.17, 15) is 12.8 Å². The quantitative estimate of drug-likeness (QED) is 0.570. The SMILES string of the molecule is O=S(=O)(c1ccc(F)cc1)c1nc(-c2ccc(Cl)cc2)oc1NC[C@@H]1CCCO1. The van der Waals surface area contributed by atoms with Gasteiger partial charge in [-0.3, -0.25) is 0 Å². The topological polar surface area (TPSA) is 81.4 Å². The summed E-state index contributed by atoms with van der Waals surface area (Å²) >= 11 is 5.92. The standard InChI is InChI=1S/C20H18ClFN2O4S/c21-14-5-3-13(4-6-14)18-24-20(19(28-18)23-12-16-2-1-11-27-16)29(25,26)17-9-7-15(22)8-10-17/h3-10,16,23H,1-2,11-12H2/t16-/m0/s1. The molecular formula is C20H18ClFN2O4S. The Morgan fingerprint density at radius 3 is 2.52 bits per heavy atom. The van der Waals surface area contributed by atoms with Gasteiger partial charge in [0.1, 0.15) is 5.82 Å². The molecule has 2 aromatic carbocycles. The second-order valence-corrected chi connectivity index (χ2v) is 8.93. The molecule has 152 valence electrons. The molecule has 3 aromatic rings. The molecule has 2 heterocycles. The Morgan fingerprint density at radius 2 is 1.86 bits per heavy atom. The zero-order valence-electron chi connectivity index (χ0n) is 15.3. The molecule has 1 N–H and O–H groups in total. The molecule has 6 nitrogen and oxygen atoms in total. The lowest BCUT2D eigenvalue weighted by atomic mass is 10.2. The second kappa shape index (κ2) is 8.14. The van der Waals surface area contributed by atoms with Crippen LogP contribution in [-0.4, -0.2) is 32.7 Å². The average Bonchev–Trinajstić information content (AvgIpc) is 3.37. The Balaban J connectivity index is 1.73. The van der Waals surface area contributed by atoms with Crippen LogP contribution >= 0.6 is 11.6 Å². The lowest BCUT2D eigenvalue weighted by Gasteiger charge is -2.10. The summed E-state index contributed by atoms with van der Waals surface area (Å²) in [6, 6.07) is 11.3. The molecule has 0 aliphatic carbocycles. The minimum Gasteiger partial charge on any atom is -0.419 e. The zero-order chi connectivity index (χ0) is 20.4. The molecule has 0 spiro atoms. The van der Waals surface area contributed by atoms with Crippen LogP contribution in [0.5, 0.6) is 0 Å². The molecule has 1 aliphatic rings. The van der Waals surface area contributed by atoms with Crippen LogP contribution in [0.2, 0.25) is 5.02 Å². The van der Waals surface area contributed by atoms with Crippen molar-refractivity contribution in [2.75, 3.05) is 18.5 Å². The summed E-state index contributed by atoms with van der Waals surface area (Å²) in [5, 5.41) is 3.29. The van der Waals surface area contributed by atoms with Crippen LogP contribution in [0.4, 0.5) is 10.3 Å². The monoisotopic (exact) mass is 436 g/mol. The fourth-order valence-electron chi connectivity index (χ4n) is 3.05. The molecule has 9 heteroatoms. The Kier molecular flexibility index (Phi) is 5.58. The summed E-state index contributed by atoms with van der Waals surface area (Å²) in [6.45, 7) is 1.07. The normalized spacial score (nSPS) is 16.8. The van der Waals surface area contributed by atoms with Crippen LogP contribution in [-0.2, 0) is 14.6 Å². The van der Waals surface area contributed by atoms with E-state index in [-0.39, 0.29) is 27.8 Å². The van der Waals surface area contributed by atoms with Crippen LogP contribution in [0.15, 0.2) is 62.9 Å². The fourth-order valence-corrected chi connectivity index (χ4v) is 4.46. The maximum Gasteiger partial charge on any atom is 0.233 e. The van der Waals surface area contributed by atoms with Gasteiger partial charge in [-0.2, -0.15) is 4.98 Å². The Hall–Kier alpha value is -2.42. The van der Waals surface area contributed by atoms with E-state index in [1.165, 1.54) is 12.1 Å². The Labute approximate surface area is 172 Å². The van der Waals surface area contributed by atoms with Gasteiger partial charge in [0.25, 0.3) is 0 Å². The van der Waals surface area contributed by atoms with Crippen LogP contribution in [0.1, 0.15) is 12.8 Å². The summed E-state index contributed by atoms with van der Waals surface area (Å²) in [4.78, 5) is 4.16. The first-order valence-electron chi connectivity index (χ1n) is 9.06. The number of aromatic nitrogens is 1. The van der Waals surface area contributed by atoms with Gasteiger partial charge in [0.05, 0.1) is 11.0 Å². The summed E-state index contributed by atoms with van der Waals surface area (Å²) < 4.78 is 50.8. The second-order valence-electron chi connectivity index (χ2n) is 6.63. The summed E-state index contributed by atoms with van der Waals surface area (Å²) in [5.41, 5.74) is 0.579. The molecular weight excluding hydrogens is 419 g/mol. The number of benzene rings is 2. The van der Waals surface area contributed by atoms with Crippen molar-refractivity contribution in [2.24, 2.45) is 0 Å². The van der Waals surface area contributed by atoms with E-state index in [0.717, 1.165) is 25.0 Å². The highest BCUT2D eigenvalue weighted by Gasteiger charge is 2.29. The molecule has 1 aromatic heterocycles.